The van der Waals surface area contributed by atoms with Crippen molar-refractivity contribution in [1.29, 1.82) is 0 Å². The Morgan fingerprint density at radius 2 is 1.86 bits per heavy atom. The quantitative estimate of drug-likeness (QED) is 0.812. The van der Waals surface area contributed by atoms with E-state index < -0.39 is 0 Å². The van der Waals surface area contributed by atoms with Gasteiger partial charge in [-0.05, 0) is 42.9 Å². The van der Waals surface area contributed by atoms with Gasteiger partial charge in [-0.3, -0.25) is 4.79 Å². The van der Waals surface area contributed by atoms with E-state index in [0.29, 0.717) is 12.3 Å². The molecule has 0 radical (unpaired) electrons. The molecule has 0 bridgehead atoms. The van der Waals surface area contributed by atoms with Crippen LogP contribution in [0.5, 0.6) is 0 Å². The summed E-state index contributed by atoms with van der Waals surface area (Å²) >= 11 is 0. The van der Waals surface area contributed by atoms with Gasteiger partial charge in [-0.15, -0.1) is 0 Å². The first kappa shape index (κ1) is 15.9. The standard InChI is InChI=1S/C18H28N2O/c1-2-12-20(14-16-6-4-3-5-7-16)18(21)13-15-8-10-17(19)11-9-15/h8-11,16H,2-7,12-14,19H2,1H3. The molecule has 1 amide bonds. The van der Waals surface area contributed by atoms with Crippen molar-refractivity contribution in [2.75, 3.05) is 18.8 Å². The van der Waals surface area contributed by atoms with Gasteiger partial charge in [0.2, 0.25) is 5.91 Å². The fourth-order valence-electron chi connectivity index (χ4n) is 3.19. The number of hydrogen-bond acceptors (Lipinski definition) is 2. The van der Waals surface area contributed by atoms with Crippen molar-refractivity contribution in [3.05, 3.63) is 29.8 Å². The van der Waals surface area contributed by atoms with Gasteiger partial charge in [-0.25, -0.2) is 0 Å². The molecule has 1 aliphatic rings. The van der Waals surface area contributed by atoms with Gasteiger partial charge in [0, 0.05) is 18.8 Å². The molecule has 0 atom stereocenters. The van der Waals surface area contributed by atoms with Gasteiger partial charge in [0.05, 0.1) is 6.42 Å². The van der Waals surface area contributed by atoms with Crippen molar-refractivity contribution in [3.63, 3.8) is 0 Å². The molecule has 0 unspecified atom stereocenters. The van der Waals surface area contributed by atoms with E-state index in [1.807, 2.05) is 24.3 Å². The second kappa shape index (κ2) is 8.06. The fourth-order valence-corrected chi connectivity index (χ4v) is 3.19. The molecule has 0 heterocycles. The largest absolute Gasteiger partial charge is 0.399 e. The van der Waals surface area contributed by atoms with Crippen molar-refractivity contribution in [2.24, 2.45) is 5.92 Å². The van der Waals surface area contributed by atoms with Crippen molar-refractivity contribution in [1.82, 2.24) is 4.90 Å². The van der Waals surface area contributed by atoms with Crippen LogP contribution in [0.4, 0.5) is 5.69 Å². The molecule has 21 heavy (non-hydrogen) atoms. The van der Waals surface area contributed by atoms with E-state index in [2.05, 4.69) is 11.8 Å². The SMILES string of the molecule is CCCN(CC1CCCCC1)C(=O)Cc1ccc(N)cc1. The molecule has 0 aromatic heterocycles. The van der Waals surface area contributed by atoms with Crippen LogP contribution in [0, 0.1) is 5.92 Å². The zero-order valence-electron chi connectivity index (χ0n) is 13.2. The lowest BCUT2D eigenvalue weighted by atomic mass is 9.89. The Balaban J connectivity index is 1.92. The van der Waals surface area contributed by atoms with Crippen LogP contribution in [0.1, 0.15) is 51.0 Å². The lowest BCUT2D eigenvalue weighted by Gasteiger charge is -2.29. The Morgan fingerprint density at radius 1 is 1.19 bits per heavy atom. The summed E-state index contributed by atoms with van der Waals surface area (Å²) in [7, 11) is 0. The average Bonchev–Trinajstić information content (AvgIpc) is 2.50. The third-order valence-corrected chi connectivity index (χ3v) is 4.38. The number of anilines is 1. The maximum atomic E-state index is 12.6. The Kier molecular flexibility index (Phi) is 6.09. The highest BCUT2D eigenvalue weighted by Gasteiger charge is 2.20. The topological polar surface area (TPSA) is 46.3 Å². The predicted molar refractivity (Wildman–Crippen MR) is 88.0 cm³/mol. The van der Waals surface area contributed by atoms with Crippen LogP contribution < -0.4 is 5.73 Å². The fraction of sp³-hybridized carbons (Fsp3) is 0.611. The summed E-state index contributed by atoms with van der Waals surface area (Å²) < 4.78 is 0. The predicted octanol–water partition coefficient (Wildman–Crippen LogP) is 3.63. The van der Waals surface area contributed by atoms with Gasteiger partial charge in [0.1, 0.15) is 0 Å². The molecule has 0 spiro atoms. The number of nitrogen functional groups attached to an aromatic ring is 1. The zero-order chi connectivity index (χ0) is 15.1. The van der Waals surface area contributed by atoms with Crippen molar-refractivity contribution in [2.45, 2.75) is 51.9 Å². The Hall–Kier alpha value is -1.51. The third kappa shape index (κ3) is 5.07. The monoisotopic (exact) mass is 288 g/mol. The van der Waals surface area contributed by atoms with Crippen molar-refractivity contribution >= 4 is 11.6 Å². The highest BCUT2D eigenvalue weighted by molar-refractivity contribution is 5.78. The zero-order valence-corrected chi connectivity index (χ0v) is 13.2. The maximum Gasteiger partial charge on any atom is 0.226 e. The number of carbonyl (C=O) groups is 1. The lowest BCUT2D eigenvalue weighted by molar-refractivity contribution is -0.131. The molecule has 2 rings (SSSR count). The van der Waals surface area contributed by atoms with Crippen LogP contribution in [0.15, 0.2) is 24.3 Å². The minimum absolute atomic E-state index is 0.257. The lowest BCUT2D eigenvalue weighted by Crippen LogP contribution is -2.37. The smallest absolute Gasteiger partial charge is 0.226 e. The molecule has 0 aliphatic heterocycles. The first-order chi connectivity index (χ1) is 10.2. The maximum absolute atomic E-state index is 12.6. The molecule has 3 nitrogen and oxygen atoms in total. The molecule has 1 fully saturated rings. The highest BCUT2D eigenvalue weighted by atomic mass is 16.2. The van der Waals surface area contributed by atoms with Gasteiger partial charge in [0.15, 0.2) is 0 Å². The summed E-state index contributed by atoms with van der Waals surface area (Å²) in [4.78, 5) is 14.6. The van der Waals surface area contributed by atoms with Gasteiger partial charge < -0.3 is 10.6 Å². The Bertz CT molecular complexity index is 435. The van der Waals surface area contributed by atoms with Crippen LogP contribution in [-0.4, -0.2) is 23.9 Å². The highest BCUT2D eigenvalue weighted by Crippen LogP contribution is 2.24. The molecule has 116 valence electrons. The summed E-state index contributed by atoms with van der Waals surface area (Å²) in [6.07, 6.45) is 8.12. The van der Waals surface area contributed by atoms with Gasteiger partial charge >= 0.3 is 0 Å². The van der Waals surface area contributed by atoms with Crippen molar-refractivity contribution < 1.29 is 4.79 Å². The van der Waals surface area contributed by atoms with E-state index in [4.69, 9.17) is 5.73 Å². The third-order valence-electron chi connectivity index (χ3n) is 4.38. The van der Waals surface area contributed by atoms with E-state index in [1.54, 1.807) is 0 Å². The van der Waals surface area contributed by atoms with E-state index in [9.17, 15) is 4.79 Å². The number of benzene rings is 1. The number of amides is 1. The Labute approximate surface area is 128 Å². The summed E-state index contributed by atoms with van der Waals surface area (Å²) in [6, 6.07) is 7.65. The van der Waals surface area contributed by atoms with Crippen LogP contribution in [0.2, 0.25) is 0 Å². The number of nitrogens with two attached hydrogens (primary N) is 1. The summed E-state index contributed by atoms with van der Waals surface area (Å²) in [5.74, 6) is 0.966. The number of rotatable bonds is 6. The first-order valence-corrected chi connectivity index (χ1v) is 8.31. The molecule has 2 N–H and O–H groups in total. The van der Waals surface area contributed by atoms with E-state index in [1.165, 1.54) is 32.1 Å². The van der Waals surface area contributed by atoms with Crippen LogP contribution in [0.3, 0.4) is 0 Å². The van der Waals surface area contributed by atoms with E-state index in [-0.39, 0.29) is 5.91 Å². The Morgan fingerprint density at radius 3 is 2.48 bits per heavy atom. The number of nitrogens with zero attached hydrogens (tertiary/aromatic N) is 1. The minimum Gasteiger partial charge on any atom is -0.399 e. The molecule has 0 saturated heterocycles. The molecular formula is C18H28N2O. The minimum atomic E-state index is 0.257. The second-order valence-corrected chi connectivity index (χ2v) is 6.26. The summed E-state index contributed by atoms with van der Waals surface area (Å²) in [5.41, 5.74) is 7.50. The number of hydrogen-bond donors (Lipinski definition) is 1. The number of carbonyl (C=O) groups excluding carboxylic acids is 1. The van der Waals surface area contributed by atoms with Gasteiger partial charge in [0.25, 0.3) is 0 Å². The van der Waals surface area contributed by atoms with E-state index in [0.717, 1.165) is 30.8 Å². The summed E-state index contributed by atoms with van der Waals surface area (Å²) in [5, 5.41) is 0. The van der Waals surface area contributed by atoms with Crippen molar-refractivity contribution in [3.8, 4) is 0 Å². The van der Waals surface area contributed by atoms with Gasteiger partial charge in [-0.1, -0.05) is 38.3 Å². The molecule has 1 aliphatic carbocycles. The van der Waals surface area contributed by atoms with Crippen LogP contribution in [-0.2, 0) is 11.2 Å². The normalized spacial score (nSPS) is 15.9. The summed E-state index contributed by atoms with van der Waals surface area (Å²) in [6.45, 7) is 3.97. The molecule has 1 saturated carbocycles. The molecule has 1 aromatic rings. The molecule has 3 heteroatoms. The van der Waals surface area contributed by atoms with Crippen LogP contribution >= 0.6 is 0 Å². The molecule has 1 aromatic carbocycles. The average molecular weight is 288 g/mol. The van der Waals surface area contributed by atoms with E-state index >= 15 is 0 Å². The van der Waals surface area contributed by atoms with Crippen LogP contribution in [0.25, 0.3) is 0 Å². The van der Waals surface area contributed by atoms with Gasteiger partial charge in [-0.2, -0.15) is 0 Å². The first-order valence-electron chi connectivity index (χ1n) is 8.31. The second-order valence-electron chi connectivity index (χ2n) is 6.26. The molecular weight excluding hydrogens is 260 g/mol.